The van der Waals surface area contributed by atoms with Gasteiger partial charge in [-0.25, -0.2) is 9.48 Å². The van der Waals surface area contributed by atoms with E-state index in [0.717, 1.165) is 44.3 Å². The van der Waals surface area contributed by atoms with Crippen LogP contribution in [0.2, 0.25) is 5.02 Å². The molecule has 0 spiro atoms. The Morgan fingerprint density at radius 1 is 0.808 bits per heavy atom. The lowest BCUT2D eigenvalue weighted by atomic mass is 9.77. The number of amides is 2. The largest absolute Gasteiger partial charge is 0.444 e. The van der Waals surface area contributed by atoms with Crippen LogP contribution in [0.3, 0.4) is 0 Å². The minimum atomic E-state index is -0.910. The van der Waals surface area contributed by atoms with E-state index in [0.29, 0.717) is 30.2 Å². The maximum Gasteiger partial charge on any atom is 0.410 e. The van der Waals surface area contributed by atoms with Gasteiger partial charge < -0.3 is 15.0 Å². The van der Waals surface area contributed by atoms with Gasteiger partial charge in [0.15, 0.2) is 5.82 Å². The number of nitrogens with one attached hydrogen (secondary N) is 1. The molecule has 1 aliphatic rings. The van der Waals surface area contributed by atoms with Crippen molar-refractivity contribution in [2.75, 3.05) is 18.4 Å². The molecule has 1 saturated heterocycles. The molecule has 7 nitrogen and oxygen atoms in total. The predicted octanol–water partition coefficient (Wildman–Crippen LogP) is 10.1. The molecule has 5 aromatic carbocycles. The number of anilines is 1. The summed E-state index contributed by atoms with van der Waals surface area (Å²) in [6.07, 6.45) is 0.940. The number of aromatic nitrogens is 2. The van der Waals surface area contributed by atoms with Crippen molar-refractivity contribution < 1.29 is 14.3 Å². The number of benzene rings is 5. The van der Waals surface area contributed by atoms with Gasteiger partial charge in [0.2, 0.25) is 5.91 Å². The third-order valence-electron chi connectivity index (χ3n) is 9.69. The van der Waals surface area contributed by atoms with Crippen LogP contribution < -0.4 is 5.32 Å². The van der Waals surface area contributed by atoms with Crippen LogP contribution in [-0.2, 0) is 15.1 Å². The van der Waals surface area contributed by atoms with E-state index in [2.05, 4.69) is 59.9 Å². The standard InChI is InChI=1S/C44H43ClN4O3/c1-30-22-24-36(38(45)27-30)31-23-25-39-37(28-31)40(46-41(50)32-15-14-26-48(29-32)42(51)52-43(2,3)4)47-49(39)44(33-16-8-5-9-17-33,34-18-10-6-11-19-34)35-20-12-7-13-21-35/h5-13,16-25,27-28,32H,14-15,26,29H2,1-4H3,(H,46,47,50). The van der Waals surface area contributed by atoms with Gasteiger partial charge in [0.05, 0.1) is 11.4 Å². The number of hydrogen-bond acceptors (Lipinski definition) is 4. The molecule has 8 heteroatoms. The number of ether oxygens (including phenoxy) is 1. The summed E-state index contributed by atoms with van der Waals surface area (Å²) >= 11 is 6.81. The first kappa shape index (κ1) is 35.0. The molecule has 1 aromatic heterocycles. The predicted molar refractivity (Wildman–Crippen MR) is 209 cm³/mol. The fourth-order valence-corrected chi connectivity index (χ4v) is 7.64. The molecule has 1 unspecified atom stereocenters. The highest BCUT2D eigenvalue weighted by molar-refractivity contribution is 6.33. The first-order chi connectivity index (χ1) is 25.0. The molecule has 7 rings (SSSR count). The normalized spacial score (nSPS) is 15.0. The van der Waals surface area contributed by atoms with Crippen molar-refractivity contribution in [1.29, 1.82) is 0 Å². The Kier molecular flexibility index (Phi) is 9.64. The van der Waals surface area contributed by atoms with Crippen molar-refractivity contribution >= 4 is 40.3 Å². The van der Waals surface area contributed by atoms with E-state index in [4.69, 9.17) is 21.4 Å². The quantitative estimate of drug-likeness (QED) is 0.167. The average molecular weight is 711 g/mol. The summed E-state index contributed by atoms with van der Waals surface area (Å²) in [5.41, 5.74) is 5.21. The van der Waals surface area contributed by atoms with E-state index in [1.165, 1.54) is 0 Å². The van der Waals surface area contributed by atoms with Crippen molar-refractivity contribution in [3.05, 3.63) is 155 Å². The van der Waals surface area contributed by atoms with Crippen LogP contribution in [0.15, 0.2) is 127 Å². The zero-order valence-corrected chi connectivity index (χ0v) is 30.7. The SMILES string of the molecule is Cc1ccc(-c2ccc3c(c2)c(NC(=O)C2CCCN(C(=O)OC(C)(C)C)C2)nn3C(c2ccccc2)(c2ccccc2)c2ccccc2)c(Cl)c1. The van der Waals surface area contributed by atoms with Crippen molar-refractivity contribution in [3.63, 3.8) is 0 Å². The number of nitrogens with zero attached hydrogens (tertiary/aromatic N) is 3. The van der Waals surface area contributed by atoms with Crippen LogP contribution in [0.5, 0.6) is 0 Å². The molecule has 0 bridgehead atoms. The van der Waals surface area contributed by atoms with Gasteiger partial charge in [-0.2, -0.15) is 5.10 Å². The maximum absolute atomic E-state index is 14.2. The molecular formula is C44H43ClN4O3. The molecule has 0 aliphatic carbocycles. The first-order valence-corrected chi connectivity index (χ1v) is 18.2. The van der Waals surface area contributed by atoms with Gasteiger partial charge in [-0.05, 0) is 86.6 Å². The highest BCUT2D eigenvalue weighted by Gasteiger charge is 2.41. The molecule has 264 valence electrons. The van der Waals surface area contributed by atoms with E-state index in [9.17, 15) is 9.59 Å². The number of aryl methyl sites for hydroxylation is 1. The summed E-state index contributed by atoms with van der Waals surface area (Å²) in [6.45, 7) is 8.37. The number of carbonyl (C=O) groups excluding carboxylic acids is 2. The molecule has 2 heterocycles. The number of rotatable bonds is 7. The van der Waals surface area contributed by atoms with Gasteiger partial charge in [-0.1, -0.05) is 121 Å². The number of likely N-dealkylation sites (tertiary alicyclic amines) is 1. The molecule has 1 aliphatic heterocycles. The van der Waals surface area contributed by atoms with Gasteiger partial charge in [0, 0.05) is 29.1 Å². The average Bonchev–Trinajstić information content (AvgIpc) is 3.50. The highest BCUT2D eigenvalue weighted by atomic mass is 35.5. The van der Waals surface area contributed by atoms with Crippen molar-refractivity contribution in [2.24, 2.45) is 5.92 Å². The fraction of sp³-hybridized carbons (Fsp3) is 0.250. The Labute approximate surface area is 310 Å². The van der Waals surface area contributed by atoms with Gasteiger partial charge in [0.25, 0.3) is 0 Å². The number of hydrogen-bond donors (Lipinski definition) is 1. The monoisotopic (exact) mass is 710 g/mol. The highest BCUT2D eigenvalue weighted by Crippen LogP contribution is 2.44. The minimum absolute atomic E-state index is 0.191. The lowest BCUT2D eigenvalue weighted by molar-refractivity contribution is -0.121. The van der Waals surface area contributed by atoms with E-state index in [-0.39, 0.29) is 12.5 Å². The van der Waals surface area contributed by atoms with Crippen LogP contribution in [0.1, 0.15) is 55.9 Å². The van der Waals surface area contributed by atoms with E-state index >= 15 is 0 Å². The summed E-state index contributed by atoms with van der Waals surface area (Å²) in [5, 5.41) is 10.00. The summed E-state index contributed by atoms with van der Waals surface area (Å²) in [7, 11) is 0. The molecule has 6 aromatic rings. The molecule has 0 saturated carbocycles. The van der Waals surface area contributed by atoms with Gasteiger partial charge in [0.1, 0.15) is 11.1 Å². The van der Waals surface area contributed by atoms with E-state index in [1.807, 2.05) is 105 Å². The van der Waals surface area contributed by atoms with Crippen LogP contribution in [0, 0.1) is 12.8 Å². The summed E-state index contributed by atoms with van der Waals surface area (Å²) in [5.74, 6) is -0.187. The number of carbonyl (C=O) groups is 2. The van der Waals surface area contributed by atoms with Crippen molar-refractivity contribution in [1.82, 2.24) is 14.7 Å². The molecule has 2 amide bonds. The van der Waals surface area contributed by atoms with Crippen molar-refractivity contribution in [3.8, 4) is 11.1 Å². The fourth-order valence-electron chi connectivity index (χ4n) is 7.30. The number of piperidine rings is 1. The topological polar surface area (TPSA) is 76.5 Å². The lowest BCUT2D eigenvalue weighted by Crippen LogP contribution is -2.45. The second kappa shape index (κ2) is 14.3. The Morgan fingerprint density at radius 2 is 1.40 bits per heavy atom. The van der Waals surface area contributed by atoms with Gasteiger partial charge in [-0.3, -0.25) is 4.79 Å². The molecular weight excluding hydrogens is 668 g/mol. The van der Waals surface area contributed by atoms with E-state index in [1.54, 1.807) is 4.90 Å². The van der Waals surface area contributed by atoms with Gasteiger partial charge >= 0.3 is 6.09 Å². The zero-order valence-electron chi connectivity index (χ0n) is 30.0. The van der Waals surface area contributed by atoms with Crippen LogP contribution in [-0.4, -0.2) is 45.4 Å². The Balaban J connectivity index is 1.41. The maximum atomic E-state index is 14.2. The number of fused-ring (bicyclic) bond motifs is 1. The summed E-state index contributed by atoms with van der Waals surface area (Å²) in [4.78, 5) is 28.9. The molecule has 52 heavy (non-hydrogen) atoms. The second-order valence-corrected chi connectivity index (χ2v) is 14.9. The van der Waals surface area contributed by atoms with Gasteiger partial charge in [-0.15, -0.1) is 0 Å². The molecule has 0 radical (unpaired) electrons. The van der Waals surface area contributed by atoms with Crippen LogP contribution in [0.4, 0.5) is 10.6 Å². The summed E-state index contributed by atoms with van der Waals surface area (Å²) < 4.78 is 7.70. The zero-order chi connectivity index (χ0) is 36.5. The molecule has 1 N–H and O–H groups in total. The minimum Gasteiger partial charge on any atom is -0.444 e. The van der Waals surface area contributed by atoms with Crippen LogP contribution >= 0.6 is 11.6 Å². The van der Waals surface area contributed by atoms with E-state index < -0.39 is 23.2 Å². The van der Waals surface area contributed by atoms with Crippen LogP contribution in [0.25, 0.3) is 22.0 Å². The third kappa shape index (κ3) is 6.81. The Bertz CT molecular complexity index is 2110. The molecule has 1 fully saturated rings. The Morgan fingerprint density at radius 3 is 1.96 bits per heavy atom. The summed E-state index contributed by atoms with van der Waals surface area (Å²) in [6, 6.07) is 43.3. The Hall–Kier alpha value is -5.40. The smallest absolute Gasteiger partial charge is 0.410 e. The lowest BCUT2D eigenvalue weighted by Gasteiger charge is -2.37. The first-order valence-electron chi connectivity index (χ1n) is 17.8. The third-order valence-corrected chi connectivity index (χ3v) is 10.0. The van der Waals surface area contributed by atoms with Crippen molar-refractivity contribution in [2.45, 2.75) is 51.7 Å². The number of halogens is 1. The second-order valence-electron chi connectivity index (χ2n) is 14.5. The molecule has 1 atom stereocenters.